The van der Waals surface area contributed by atoms with Crippen molar-refractivity contribution >= 4 is 11.9 Å². The minimum atomic E-state index is -0.262. The molecule has 0 bridgehead atoms. The van der Waals surface area contributed by atoms with Crippen LogP contribution in [0, 0.1) is 0 Å². The van der Waals surface area contributed by atoms with Crippen LogP contribution in [0.4, 0.5) is 0 Å². The number of esters is 1. The Morgan fingerprint density at radius 1 is 1.35 bits per heavy atom. The van der Waals surface area contributed by atoms with Crippen LogP contribution in [0.25, 0.3) is 0 Å². The second-order valence-corrected chi connectivity index (χ2v) is 4.62. The third-order valence-corrected chi connectivity index (χ3v) is 2.93. The van der Waals surface area contributed by atoms with Gasteiger partial charge in [-0.2, -0.15) is 0 Å². The summed E-state index contributed by atoms with van der Waals surface area (Å²) in [5, 5.41) is 0. The Kier molecular flexibility index (Phi) is 4.93. The molecule has 1 aliphatic carbocycles. The molecular formula is C12H22N2O3. The second-order valence-electron chi connectivity index (χ2n) is 4.62. The third kappa shape index (κ3) is 4.00. The molecule has 98 valence electrons. The Hall–Kier alpha value is -1.10. The molecule has 1 fully saturated rings. The lowest BCUT2D eigenvalue weighted by atomic mass is 10.2. The number of hydrogen-bond acceptors (Lipinski definition) is 4. The SMILES string of the molecule is CCOC(=O)CN(C1CC1)C(C)C(=O)N(C)C. The fraction of sp³-hybridized carbons (Fsp3) is 0.833. The molecule has 0 saturated heterocycles. The van der Waals surface area contributed by atoms with E-state index in [0.717, 1.165) is 12.8 Å². The molecule has 0 aromatic rings. The van der Waals surface area contributed by atoms with Gasteiger partial charge in [0.1, 0.15) is 0 Å². The Morgan fingerprint density at radius 3 is 2.35 bits per heavy atom. The number of carbonyl (C=O) groups excluding carboxylic acids is 2. The zero-order valence-corrected chi connectivity index (χ0v) is 11.1. The largest absolute Gasteiger partial charge is 0.465 e. The van der Waals surface area contributed by atoms with Crippen molar-refractivity contribution in [2.45, 2.75) is 38.8 Å². The van der Waals surface area contributed by atoms with Crippen LogP contribution in [-0.2, 0) is 14.3 Å². The number of rotatable bonds is 6. The Morgan fingerprint density at radius 2 is 1.94 bits per heavy atom. The van der Waals surface area contributed by atoms with Crippen LogP contribution in [-0.4, -0.2) is 61.0 Å². The molecule has 0 spiro atoms. The molecule has 0 aromatic carbocycles. The molecule has 1 atom stereocenters. The number of likely N-dealkylation sites (N-methyl/N-ethyl adjacent to an activating group) is 1. The van der Waals surface area contributed by atoms with Gasteiger partial charge in [0.15, 0.2) is 0 Å². The molecule has 1 unspecified atom stereocenters. The maximum atomic E-state index is 11.9. The Labute approximate surface area is 103 Å². The second kappa shape index (κ2) is 6.00. The first-order valence-corrected chi connectivity index (χ1v) is 6.09. The van der Waals surface area contributed by atoms with Gasteiger partial charge in [-0.3, -0.25) is 14.5 Å². The van der Waals surface area contributed by atoms with Crippen LogP contribution in [0.5, 0.6) is 0 Å². The summed E-state index contributed by atoms with van der Waals surface area (Å²) in [6, 6.07) is 0.0974. The lowest BCUT2D eigenvalue weighted by Crippen LogP contribution is -2.48. The fourth-order valence-electron chi connectivity index (χ4n) is 1.86. The average molecular weight is 242 g/mol. The summed E-state index contributed by atoms with van der Waals surface area (Å²) >= 11 is 0. The van der Waals surface area contributed by atoms with Gasteiger partial charge < -0.3 is 9.64 Å². The van der Waals surface area contributed by atoms with Crippen LogP contribution in [0.2, 0.25) is 0 Å². The standard InChI is InChI=1S/C12H22N2O3/c1-5-17-11(15)8-14(10-6-7-10)9(2)12(16)13(3)4/h9-10H,5-8H2,1-4H3. The van der Waals surface area contributed by atoms with Crippen LogP contribution in [0.15, 0.2) is 0 Å². The van der Waals surface area contributed by atoms with E-state index >= 15 is 0 Å². The Balaban J connectivity index is 2.59. The first-order chi connectivity index (χ1) is 7.97. The number of nitrogens with zero attached hydrogens (tertiary/aromatic N) is 2. The summed E-state index contributed by atoms with van der Waals surface area (Å²) in [5.74, 6) is -0.223. The molecule has 1 amide bonds. The van der Waals surface area contributed by atoms with Gasteiger partial charge in [0.05, 0.1) is 19.2 Å². The molecule has 1 saturated carbocycles. The van der Waals surface area contributed by atoms with E-state index in [4.69, 9.17) is 4.74 Å². The van der Waals surface area contributed by atoms with Crippen molar-refractivity contribution in [3.63, 3.8) is 0 Å². The number of hydrogen-bond donors (Lipinski definition) is 0. The zero-order valence-electron chi connectivity index (χ0n) is 11.1. The summed E-state index contributed by atoms with van der Waals surface area (Å²) in [4.78, 5) is 26.9. The lowest BCUT2D eigenvalue weighted by molar-refractivity contribution is -0.146. The quantitative estimate of drug-likeness (QED) is 0.636. The van der Waals surface area contributed by atoms with E-state index in [0.29, 0.717) is 12.6 Å². The summed E-state index contributed by atoms with van der Waals surface area (Å²) in [6.45, 7) is 4.22. The number of carbonyl (C=O) groups is 2. The first kappa shape index (κ1) is 14.0. The van der Waals surface area contributed by atoms with E-state index in [9.17, 15) is 9.59 Å². The first-order valence-electron chi connectivity index (χ1n) is 6.09. The monoisotopic (exact) mass is 242 g/mol. The molecule has 0 aromatic heterocycles. The van der Waals surface area contributed by atoms with E-state index in [-0.39, 0.29) is 24.5 Å². The Bertz CT molecular complexity index is 287. The van der Waals surface area contributed by atoms with E-state index in [1.165, 1.54) is 0 Å². The summed E-state index contributed by atoms with van der Waals surface area (Å²) in [5.41, 5.74) is 0. The van der Waals surface area contributed by atoms with Gasteiger partial charge in [0, 0.05) is 20.1 Å². The normalized spacial score (nSPS) is 16.8. The third-order valence-electron chi connectivity index (χ3n) is 2.93. The smallest absolute Gasteiger partial charge is 0.320 e. The summed E-state index contributed by atoms with van der Waals surface area (Å²) in [6.07, 6.45) is 2.12. The van der Waals surface area contributed by atoms with Crippen molar-refractivity contribution in [3.8, 4) is 0 Å². The van der Waals surface area contributed by atoms with E-state index in [2.05, 4.69) is 0 Å². The summed E-state index contributed by atoms with van der Waals surface area (Å²) < 4.78 is 4.94. The van der Waals surface area contributed by atoms with Crippen LogP contribution in [0.3, 0.4) is 0 Å². The number of ether oxygens (including phenoxy) is 1. The maximum absolute atomic E-state index is 11.9. The predicted molar refractivity (Wildman–Crippen MR) is 64.5 cm³/mol. The van der Waals surface area contributed by atoms with E-state index < -0.39 is 0 Å². The van der Waals surface area contributed by atoms with Gasteiger partial charge in [-0.25, -0.2) is 0 Å². The number of amides is 1. The molecule has 1 aliphatic rings. The van der Waals surface area contributed by atoms with Gasteiger partial charge in [-0.1, -0.05) is 0 Å². The highest BCUT2D eigenvalue weighted by Crippen LogP contribution is 2.28. The van der Waals surface area contributed by atoms with Crippen molar-refractivity contribution in [1.29, 1.82) is 0 Å². The van der Waals surface area contributed by atoms with Gasteiger partial charge in [0.2, 0.25) is 5.91 Å². The van der Waals surface area contributed by atoms with Crippen LogP contribution < -0.4 is 0 Å². The van der Waals surface area contributed by atoms with Crippen LogP contribution >= 0.6 is 0 Å². The van der Waals surface area contributed by atoms with Crippen molar-refractivity contribution in [2.75, 3.05) is 27.2 Å². The van der Waals surface area contributed by atoms with Crippen molar-refractivity contribution in [1.82, 2.24) is 9.80 Å². The highest BCUT2D eigenvalue weighted by molar-refractivity contribution is 5.82. The van der Waals surface area contributed by atoms with Gasteiger partial charge in [0.25, 0.3) is 0 Å². The van der Waals surface area contributed by atoms with Gasteiger partial charge in [-0.15, -0.1) is 0 Å². The molecule has 5 heteroatoms. The highest BCUT2D eigenvalue weighted by atomic mass is 16.5. The molecule has 17 heavy (non-hydrogen) atoms. The average Bonchev–Trinajstić information content (AvgIpc) is 3.08. The zero-order chi connectivity index (χ0) is 13.0. The maximum Gasteiger partial charge on any atom is 0.320 e. The van der Waals surface area contributed by atoms with Crippen molar-refractivity contribution in [2.24, 2.45) is 0 Å². The molecule has 0 radical (unpaired) electrons. The molecule has 0 N–H and O–H groups in total. The summed E-state index contributed by atoms with van der Waals surface area (Å²) in [7, 11) is 3.46. The van der Waals surface area contributed by atoms with Crippen molar-refractivity contribution in [3.05, 3.63) is 0 Å². The molecule has 1 rings (SSSR count). The van der Waals surface area contributed by atoms with Gasteiger partial charge >= 0.3 is 5.97 Å². The van der Waals surface area contributed by atoms with Gasteiger partial charge in [-0.05, 0) is 26.7 Å². The molecule has 0 heterocycles. The molecule has 0 aliphatic heterocycles. The lowest BCUT2D eigenvalue weighted by Gasteiger charge is -2.29. The van der Waals surface area contributed by atoms with Crippen molar-refractivity contribution < 1.29 is 14.3 Å². The topological polar surface area (TPSA) is 49.9 Å². The highest BCUT2D eigenvalue weighted by Gasteiger charge is 2.36. The fourth-order valence-corrected chi connectivity index (χ4v) is 1.86. The van der Waals surface area contributed by atoms with E-state index in [1.807, 2.05) is 11.8 Å². The minimum Gasteiger partial charge on any atom is -0.465 e. The molecule has 5 nitrogen and oxygen atoms in total. The molecular weight excluding hydrogens is 220 g/mol. The predicted octanol–water partition coefficient (Wildman–Crippen LogP) is 0.491. The minimum absolute atomic E-state index is 0.0289. The van der Waals surface area contributed by atoms with Crippen LogP contribution in [0.1, 0.15) is 26.7 Å². The van der Waals surface area contributed by atoms with E-state index in [1.54, 1.807) is 25.9 Å².